The van der Waals surface area contributed by atoms with E-state index in [2.05, 4.69) is 11.9 Å². The van der Waals surface area contributed by atoms with Crippen molar-refractivity contribution in [3.8, 4) is 17.2 Å². The average Bonchev–Trinajstić information content (AvgIpc) is 3.08. The third kappa shape index (κ3) is 2.73. The third-order valence-corrected chi connectivity index (χ3v) is 3.38. The Balaban J connectivity index is 1.97. The highest BCUT2D eigenvalue weighted by molar-refractivity contribution is 6.14. The summed E-state index contributed by atoms with van der Waals surface area (Å²) in [7, 11) is 0. The van der Waals surface area contributed by atoms with Crippen LogP contribution in [0.25, 0.3) is 6.08 Å². The molecule has 2 aliphatic heterocycles. The number of imide groups is 1. The average molecular weight is 316 g/mol. The zero-order valence-corrected chi connectivity index (χ0v) is 12.6. The van der Waals surface area contributed by atoms with E-state index in [1.54, 1.807) is 18.2 Å². The summed E-state index contributed by atoms with van der Waals surface area (Å²) in [6.07, 6.45) is 3.06. The number of hydrogen-bond acceptors (Lipinski definition) is 5. The normalized spacial score (nSPS) is 17.6. The summed E-state index contributed by atoms with van der Waals surface area (Å²) in [6, 6.07) is 2.96. The second-order valence-corrected chi connectivity index (χ2v) is 4.87. The number of benzene rings is 1. The number of carbonyl (C=O) groups is 2. The number of urea groups is 1. The minimum Gasteiger partial charge on any atom is -0.493 e. The molecule has 3 rings (SSSR count). The Kier molecular flexibility index (Phi) is 3.92. The van der Waals surface area contributed by atoms with Crippen LogP contribution in [-0.2, 0) is 4.79 Å². The van der Waals surface area contributed by atoms with Crippen molar-refractivity contribution < 1.29 is 23.8 Å². The highest BCUT2D eigenvalue weighted by Crippen LogP contribution is 2.39. The van der Waals surface area contributed by atoms with Crippen molar-refractivity contribution >= 4 is 18.0 Å². The zero-order valence-electron chi connectivity index (χ0n) is 12.6. The van der Waals surface area contributed by atoms with E-state index in [9.17, 15) is 9.59 Å². The first-order valence-electron chi connectivity index (χ1n) is 7.16. The first-order chi connectivity index (χ1) is 11.1. The van der Waals surface area contributed by atoms with Gasteiger partial charge in [0.1, 0.15) is 11.4 Å². The topological polar surface area (TPSA) is 77.1 Å². The summed E-state index contributed by atoms with van der Waals surface area (Å²) in [5.74, 6) is 1.30. The number of nitrogens with one attached hydrogen (secondary N) is 1. The minimum absolute atomic E-state index is 0.143. The van der Waals surface area contributed by atoms with Crippen LogP contribution in [0.1, 0.15) is 12.5 Å². The molecule has 1 fully saturated rings. The number of hydrogen-bond donors (Lipinski definition) is 1. The molecule has 1 aromatic carbocycles. The fourth-order valence-electron chi connectivity index (χ4n) is 2.35. The van der Waals surface area contributed by atoms with Crippen molar-refractivity contribution in [1.82, 2.24) is 10.2 Å². The summed E-state index contributed by atoms with van der Waals surface area (Å²) < 4.78 is 16.2. The highest BCUT2D eigenvalue weighted by Gasteiger charge is 2.33. The molecule has 7 heteroatoms. The van der Waals surface area contributed by atoms with Crippen molar-refractivity contribution in [2.75, 3.05) is 19.9 Å². The van der Waals surface area contributed by atoms with Crippen LogP contribution in [-0.4, -0.2) is 36.8 Å². The number of rotatable bonds is 5. The lowest BCUT2D eigenvalue weighted by Gasteiger charge is -2.09. The Morgan fingerprint density at radius 3 is 2.78 bits per heavy atom. The summed E-state index contributed by atoms with van der Waals surface area (Å²) in [5, 5.41) is 2.55. The van der Waals surface area contributed by atoms with Gasteiger partial charge in [-0.2, -0.15) is 0 Å². The van der Waals surface area contributed by atoms with Gasteiger partial charge >= 0.3 is 6.03 Å². The molecule has 2 heterocycles. The second-order valence-electron chi connectivity index (χ2n) is 4.87. The Labute approximate surface area is 133 Å². The molecule has 23 heavy (non-hydrogen) atoms. The van der Waals surface area contributed by atoms with Gasteiger partial charge in [-0.25, -0.2) is 4.79 Å². The maximum atomic E-state index is 12.2. The number of fused-ring (bicyclic) bond motifs is 1. The standard InChI is InChI=1S/C16H16N2O5/c1-3-5-18-15(19)11(17-16(18)20)6-10-7-13-14(23-9-22-13)8-12(10)21-4-2/h3,6-8H,1,4-5,9H2,2H3,(H,17,20)/b11-6+. The van der Waals surface area contributed by atoms with E-state index in [4.69, 9.17) is 14.2 Å². The summed E-state index contributed by atoms with van der Waals surface area (Å²) >= 11 is 0. The van der Waals surface area contributed by atoms with Crippen LogP contribution in [0.15, 0.2) is 30.5 Å². The Hall–Kier alpha value is -2.96. The first-order valence-corrected chi connectivity index (χ1v) is 7.16. The predicted octanol–water partition coefficient (Wildman–Crippen LogP) is 1.89. The molecule has 3 amide bonds. The van der Waals surface area contributed by atoms with Crippen LogP contribution in [0, 0.1) is 0 Å². The van der Waals surface area contributed by atoms with E-state index >= 15 is 0 Å². The van der Waals surface area contributed by atoms with Crippen LogP contribution in [0.3, 0.4) is 0 Å². The summed E-state index contributed by atoms with van der Waals surface area (Å²) in [4.78, 5) is 25.1. The molecule has 7 nitrogen and oxygen atoms in total. The zero-order chi connectivity index (χ0) is 16.4. The molecule has 1 saturated heterocycles. The van der Waals surface area contributed by atoms with Gasteiger partial charge in [-0.05, 0) is 19.1 Å². The van der Waals surface area contributed by atoms with Crippen LogP contribution >= 0.6 is 0 Å². The number of carbonyl (C=O) groups excluding carboxylic acids is 2. The highest BCUT2D eigenvalue weighted by atomic mass is 16.7. The molecular weight excluding hydrogens is 300 g/mol. The van der Waals surface area contributed by atoms with Gasteiger partial charge in [0.2, 0.25) is 6.79 Å². The van der Waals surface area contributed by atoms with Crippen LogP contribution in [0.5, 0.6) is 17.2 Å². The molecule has 0 unspecified atom stereocenters. The third-order valence-electron chi connectivity index (χ3n) is 3.38. The SMILES string of the molecule is C=CCN1C(=O)N/C(=C/c2cc3c(cc2OCC)OCO3)C1=O. The molecule has 0 aromatic heterocycles. The van der Waals surface area contributed by atoms with Crippen molar-refractivity contribution in [3.05, 3.63) is 36.0 Å². The van der Waals surface area contributed by atoms with E-state index in [0.717, 1.165) is 4.90 Å². The van der Waals surface area contributed by atoms with Crippen molar-refractivity contribution in [1.29, 1.82) is 0 Å². The van der Waals surface area contributed by atoms with Gasteiger partial charge in [0.25, 0.3) is 5.91 Å². The summed E-state index contributed by atoms with van der Waals surface area (Å²) in [5.41, 5.74) is 0.803. The van der Waals surface area contributed by atoms with E-state index in [1.165, 1.54) is 6.08 Å². The van der Waals surface area contributed by atoms with Gasteiger partial charge in [-0.3, -0.25) is 9.69 Å². The lowest BCUT2D eigenvalue weighted by Crippen LogP contribution is -2.30. The second kappa shape index (κ2) is 6.04. The molecule has 0 spiro atoms. The molecule has 0 bridgehead atoms. The lowest BCUT2D eigenvalue weighted by molar-refractivity contribution is -0.122. The van der Waals surface area contributed by atoms with Crippen molar-refractivity contribution in [2.45, 2.75) is 6.92 Å². The largest absolute Gasteiger partial charge is 0.493 e. The molecule has 2 aliphatic rings. The number of ether oxygens (including phenoxy) is 3. The van der Waals surface area contributed by atoms with Gasteiger partial charge < -0.3 is 19.5 Å². The minimum atomic E-state index is -0.472. The fraction of sp³-hybridized carbons (Fsp3) is 0.250. The van der Waals surface area contributed by atoms with Gasteiger partial charge in [0.05, 0.1) is 6.61 Å². The number of amides is 3. The van der Waals surface area contributed by atoms with E-state index < -0.39 is 11.9 Å². The predicted molar refractivity (Wildman–Crippen MR) is 82.2 cm³/mol. The monoisotopic (exact) mass is 316 g/mol. The Morgan fingerprint density at radius 2 is 2.09 bits per heavy atom. The molecule has 0 saturated carbocycles. The maximum Gasteiger partial charge on any atom is 0.329 e. The smallest absolute Gasteiger partial charge is 0.329 e. The van der Waals surface area contributed by atoms with E-state index in [-0.39, 0.29) is 19.0 Å². The molecular formula is C16H16N2O5. The lowest BCUT2D eigenvalue weighted by atomic mass is 10.1. The molecule has 0 aliphatic carbocycles. The van der Waals surface area contributed by atoms with E-state index in [0.29, 0.717) is 29.4 Å². The van der Waals surface area contributed by atoms with Gasteiger partial charge in [-0.1, -0.05) is 6.08 Å². The van der Waals surface area contributed by atoms with Crippen LogP contribution < -0.4 is 19.5 Å². The molecule has 1 aromatic rings. The molecule has 0 atom stereocenters. The number of nitrogens with zero attached hydrogens (tertiary/aromatic N) is 1. The van der Waals surface area contributed by atoms with Gasteiger partial charge in [0.15, 0.2) is 11.5 Å². The van der Waals surface area contributed by atoms with Crippen molar-refractivity contribution in [2.24, 2.45) is 0 Å². The van der Waals surface area contributed by atoms with Crippen LogP contribution in [0.4, 0.5) is 4.79 Å². The fourth-order valence-corrected chi connectivity index (χ4v) is 2.35. The Morgan fingerprint density at radius 1 is 1.35 bits per heavy atom. The molecule has 1 N–H and O–H groups in total. The van der Waals surface area contributed by atoms with Gasteiger partial charge in [-0.15, -0.1) is 6.58 Å². The first kappa shape index (κ1) is 15.0. The Bertz CT molecular complexity index is 711. The quantitative estimate of drug-likeness (QED) is 0.510. The van der Waals surface area contributed by atoms with Gasteiger partial charge in [0, 0.05) is 18.2 Å². The summed E-state index contributed by atoms with van der Waals surface area (Å²) in [6.45, 7) is 6.15. The molecule has 120 valence electrons. The maximum absolute atomic E-state index is 12.2. The molecule has 0 radical (unpaired) electrons. The van der Waals surface area contributed by atoms with Crippen LogP contribution in [0.2, 0.25) is 0 Å². The van der Waals surface area contributed by atoms with Crippen molar-refractivity contribution in [3.63, 3.8) is 0 Å². The van der Waals surface area contributed by atoms with E-state index in [1.807, 2.05) is 6.92 Å².